The van der Waals surface area contributed by atoms with Crippen LogP contribution in [0.1, 0.15) is 30.9 Å². The van der Waals surface area contributed by atoms with E-state index in [1.807, 2.05) is 16.7 Å². The van der Waals surface area contributed by atoms with Crippen LogP contribution in [-0.2, 0) is 21.2 Å². The molecule has 10 heteroatoms. The molecule has 3 aromatic rings. The van der Waals surface area contributed by atoms with Gasteiger partial charge in [0, 0.05) is 45.4 Å². The fraction of sp³-hybridized carbons (Fsp3) is 0.300. The molecule has 0 fully saturated rings. The minimum absolute atomic E-state index is 0.0600. The lowest BCUT2D eigenvalue weighted by Crippen LogP contribution is -2.17. The first-order chi connectivity index (χ1) is 14.2. The number of benzene rings is 1. The second-order valence-electron chi connectivity index (χ2n) is 7.01. The number of halogens is 2. The van der Waals surface area contributed by atoms with Gasteiger partial charge in [-0.05, 0) is 49.2 Å². The monoisotopic (exact) mass is 514 g/mol. The van der Waals surface area contributed by atoms with Gasteiger partial charge in [0.2, 0.25) is 0 Å². The average Bonchev–Trinajstić information content (AvgIpc) is 3.08. The Morgan fingerprint density at radius 1 is 1.33 bits per heavy atom. The van der Waals surface area contributed by atoms with Gasteiger partial charge in [-0.2, -0.15) is 3.89 Å². The van der Waals surface area contributed by atoms with E-state index in [1.54, 1.807) is 18.2 Å². The molecule has 1 N–H and O–H groups in total. The molecular formula is C20H20BrFN2O4S2. The number of fused-ring (bicyclic) bond motifs is 3. The number of nitrogens with zero attached hydrogens (tertiary/aromatic N) is 2. The third-order valence-electron chi connectivity index (χ3n) is 4.86. The predicted octanol–water partition coefficient (Wildman–Crippen LogP) is 5.22. The average molecular weight is 515 g/mol. The zero-order valence-corrected chi connectivity index (χ0v) is 19.3. The van der Waals surface area contributed by atoms with Crippen molar-refractivity contribution in [3.8, 4) is 0 Å². The number of aromatic nitrogens is 2. The standard InChI is InChI=1S/C14H16N2O4S.C6H4BrFS/c1-21(19,20)12-4-5-15-14-10(12)8-11-9(7-13(17)18)3-2-6-16(11)14;7-5-1-3-6(9-8)4-2-5/h4-5,8-9H,2-3,6-7H2,1H3,(H,17,18);1-4H. The molecule has 6 nitrogen and oxygen atoms in total. The Morgan fingerprint density at radius 3 is 2.63 bits per heavy atom. The fourth-order valence-corrected chi connectivity index (χ4v) is 4.95. The Hall–Kier alpha value is -1.91. The van der Waals surface area contributed by atoms with Gasteiger partial charge in [0.05, 0.1) is 23.5 Å². The van der Waals surface area contributed by atoms with E-state index in [1.165, 1.54) is 18.5 Å². The number of sulfone groups is 1. The summed E-state index contributed by atoms with van der Waals surface area (Å²) in [5, 5.41) is 9.62. The van der Waals surface area contributed by atoms with Crippen molar-refractivity contribution in [3.05, 3.63) is 52.8 Å². The van der Waals surface area contributed by atoms with Crippen molar-refractivity contribution in [2.75, 3.05) is 6.26 Å². The lowest BCUT2D eigenvalue weighted by molar-refractivity contribution is -0.137. The van der Waals surface area contributed by atoms with E-state index < -0.39 is 15.8 Å². The van der Waals surface area contributed by atoms with Gasteiger partial charge in [0.1, 0.15) is 5.65 Å². The Balaban J connectivity index is 0.000000239. The van der Waals surface area contributed by atoms with Crippen LogP contribution < -0.4 is 0 Å². The lowest BCUT2D eigenvalue weighted by Gasteiger charge is -2.23. The maximum Gasteiger partial charge on any atom is 0.304 e. The van der Waals surface area contributed by atoms with Crippen LogP contribution in [0.5, 0.6) is 0 Å². The predicted molar refractivity (Wildman–Crippen MR) is 118 cm³/mol. The lowest BCUT2D eigenvalue weighted by atomic mass is 9.93. The van der Waals surface area contributed by atoms with E-state index in [2.05, 4.69) is 20.9 Å². The highest BCUT2D eigenvalue weighted by molar-refractivity contribution is 9.10. The number of rotatable bonds is 4. The highest BCUT2D eigenvalue weighted by Crippen LogP contribution is 2.36. The Morgan fingerprint density at radius 2 is 2.03 bits per heavy atom. The number of aliphatic carboxylic acids is 1. The van der Waals surface area contributed by atoms with Gasteiger partial charge >= 0.3 is 5.97 Å². The van der Waals surface area contributed by atoms with E-state index in [-0.39, 0.29) is 29.4 Å². The molecule has 160 valence electrons. The summed E-state index contributed by atoms with van der Waals surface area (Å²) < 4.78 is 38.5. The maximum absolute atomic E-state index is 11.9. The van der Waals surface area contributed by atoms with E-state index >= 15 is 0 Å². The summed E-state index contributed by atoms with van der Waals surface area (Å²) in [5.74, 6) is -0.923. The van der Waals surface area contributed by atoms with Gasteiger partial charge in [-0.25, -0.2) is 13.4 Å². The zero-order valence-electron chi connectivity index (χ0n) is 16.1. The second-order valence-corrected chi connectivity index (χ2v) is 10.5. The number of carboxylic acids is 1. The molecule has 1 atom stereocenters. The Kier molecular flexibility index (Phi) is 7.20. The van der Waals surface area contributed by atoms with Gasteiger partial charge in [-0.1, -0.05) is 15.9 Å². The number of pyridine rings is 1. The molecule has 1 unspecified atom stereocenters. The molecule has 4 rings (SSSR count). The number of aryl methyl sites for hydroxylation is 1. The summed E-state index contributed by atoms with van der Waals surface area (Å²) in [6, 6.07) is 10.3. The van der Waals surface area contributed by atoms with Crippen LogP contribution in [0.3, 0.4) is 0 Å². The van der Waals surface area contributed by atoms with E-state index in [0.29, 0.717) is 15.9 Å². The van der Waals surface area contributed by atoms with Crippen LogP contribution in [-0.4, -0.2) is 35.3 Å². The highest BCUT2D eigenvalue weighted by atomic mass is 79.9. The largest absolute Gasteiger partial charge is 0.481 e. The number of hydrogen-bond donors (Lipinski definition) is 1. The minimum Gasteiger partial charge on any atom is -0.481 e. The van der Waals surface area contributed by atoms with Gasteiger partial charge in [0.25, 0.3) is 0 Å². The zero-order chi connectivity index (χ0) is 21.9. The molecule has 0 saturated heterocycles. The molecule has 0 radical (unpaired) electrons. The summed E-state index contributed by atoms with van der Waals surface area (Å²) in [5.41, 5.74) is 1.50. The van der Waals surface area contributed by atoms with E-state index in [0.717, 1.165) is 29.6 Å². The summed E-state index contributed by atoms with van der Waals surface area (Å²) >= 11 is 3.50. The van der Waals surface area contributed by atoms with E-state index in [9.17, 15) is 17.1 Å². The quantitative estimate of drug-likeness (QED) is 0.513. The molecule has 1 aliphatic rings. The van der Waals surface area contributed by atoms with Crippen molar-refractivity contribution in [1.29, 1.82) is 0 Å². The van der Waals surface area contributed by atoms with Crippen LogP contribution in [0.15, 0.2) is 56.9 Å². The smallest absolute Gasteiger partial charge is 0.304 e. The van der Waals surface area contributed by atoms with Crippen molar-refractivity contribution in [3.63, 3.8) is 0 Å². The van der Waals surface area contributed by atoms with Crippen molar-refractivity contribution in [2.45, 2.75) is 41.5 Å². The third kappa shape index (κ3) is 5.22. The van der Waals surface area contributed by atoms with Crippen molar-refractivity contribution >= 4 is 54.9 Å². The first kappa shape index (κ1) is 22.8. The Labute approximate surface area is 186 Å². The molecule has 0 saturated carbocycles. The number of hydrogen-bond acceptors (Lipinski definition) is 5. The van der Waals surface area contributed by atoms with Gasteiger partial charge in [-0.15, -0.1) is 0 Å². The fourth-order valence-electron chi connectivity index (χ4n) is 3.59. The third-order valence-corrected chi connectivity index (χ3v) is 7.00. The molecular weight excluding hydrogens is 495 g/mol. The normalized spacial score (nSPS) is 15.9. The minimum atomic E-state index is -3.34. The molecule has 0 spiro atoms. The molecule has 0 aliphatic carbocycles. The summed E-state index contributed by atoms with van der Waals surface area (Å²) in [6.07, 6.45) is 4.40. The van der Waals surface area contributed by atoms with Gasteiger partial charge < -0.3 is 9.67 Å². The molecule has 2 aromatic heterocycles. The molecule has 1 aromatic carbocycles. The van der Waals surface area contributed by atoms with Crippen molar-refractivity contribution in [2.24, 2.45) is 0 Å². The summed E-state index contributed by atoms with van der Waals surface area (Å²) in [4.78, 5) is 16.2. The molecule has 1 aliphatic heterocycles. The summed E-state index contributed by atoms with van der Waals surface area (Å²) in [6.45, 7) is 0.745. The topological polar surface area (TPSA) is 89.3 Å². The second kappa shape index (κ2) is 9.49. The van der Waals surface area contributed by atoms with Crippen molar-refractivity contribution in [1.82, 2.24) is 9.55 Å². The maximum atomic E-state index is 11.9. The molecule has 0 bridgehead atoms. The van der Waals surface area contributed by atoms with Crippen molar-refractivity contribution < 1.29 is 22.2 Å². The van der Waals surface area contributed by atoms with Crippen LogP contribution in [0.2, 0.25) is 0 Å². The Bertz CT molecular complexity index is 1160. The first-order valence-electron chi connectivity index (χ1n) is 9.15. The van der Waals surface area contributed by atoms with Gasteiger partial charge in [-0.3, -0.25) is 4.79 Å². The molecule has 3 heterocycles. The first-order valence-corrected chi connectivity index (χ1v) is 12.5. The van der Waals surface area contributed by atoms with E-state index in [4.69, 9.17) is 5.11 Å². The van der Waals surface area contributed by atoms with Gasteiger partial charge in [0.15, 0.2) is 9.84 Å². The van der Waals surface area contributed by atoms with Crippen LogP contribution in [0, 0.1) is 0 Å². The van der Waals surface area contributed by atoms with Crippen LogP contribution in [0.25, 0.3) is 11.0 Å². The number of carbonyl (C=O) groups is 1. The summed E-state index contributed by atoms with van der Waals surface area (Å²) in [7, 11) is -3.34. The molecule has 30 heavy (non-hydrogen) atoms. The SMILES string of the molecule is CS(=O)(=O)c1ccnc2c1cc1n2CCCC1CC(=O)O.FSc1ccc(Br)cc1. The van der Waals surface area contributed by atoms with Crippen LogP contribution >= 0.6 is 28.1 Å². The number of carboxylic acid groups (broad SMARTS) is 1. The van der Waals surface area contributed by atoms with Crippen LogP contribution in [0.4, 0.5) is 3.89 Å². The highest BCUT2D eigenvalue weighted by Gasteiger charge is 2.27. The molecule has 0 amide bonds.